The number of nitrogens with one attached hydrogen (secondary N) is 4. The summed E-state index contributed by atoms with van der Waals surface area (Å²) in [6.45, 7) is 3.58. The molecule has 20 nitrogen and oxygen atoms in total. The monoisotopic (exact) mass is 1040 g/mol. The number of amides is 4. The number of benzene rings is 2. The minimum atomic E-state index is -1.88. The third-order valence-corrected chi connectivity index (χ3v) is 16.1. The Morgan fingerprint density at radius 1 is 0.595 bits per heavy atom. The van der Waals surface area contributed by atoms with Crippen molar-refractivity contribution in [3.63, 3.8) is 0 Å². The van der Waals surface area contributed by atoms with E-state index in [2.05, 4.69) is 21.3 Å². The van der Waals surface area contributed by atoms with Crippen molar-refractivity contribution in [3.8, 4) is 22.8 Å². The van der Waals surface area contributed by atoms with Gasteiger partial charge in [0.05, 0.1) is 58.0 Å². The Balaban J connectivity index is 0.625. The summed E-state index contributed by atoms with van der Waals surface area (Å²) < 4.78 is 25.6. The molecule has 0 saturated heterocycles. The van der Waals surface area contributed by atoms with Crippen LogP contribution in [0, 0.1) is 0 Å². The number of alkyl carbamates (subject to hydrolysis) is 2. The quantitative estimate of drug-likeness (QED) is 0.0403. The first-order chi connectivity index (χ1) is 35.8. The van der Waals surface area contributed by atoms with Crippen LogP contribution in [0.5, 0.6) is 0 Å². The molecular formula is C52H50N8O12S2. The van der Waals surface area contributed by atoms with Crippen molar-refractivity contribution < 1.29 is 47.7 Å². The van der Waals surface area contributed by atoms with Gasteiger partial charge in [-0.05, 0) is 49.2 Å². The standard InChI is InChI=1S/C52H50N8O12S2/c1-3-51(35-23-39-43-31(21-29-9-5-7-11-37(29)57-43)25-59(39)45(63)33(35)27-69-47(51)65)71-49(67)55-17-15-53-41(61)13-19-73-74-20-14-42(62)54-16-18-56-50(68)72-52(4-2)36-24-40-44-32(22-30-10-6-8-12-38(30)58-44)26-60(40)46(64)34(36)28-70-48(52)66/h5-12,21-24H,3-4,13-20,25-28H2,1-2H3,(H,53,61)(H,54,62)(H,55,67)(H,56,68)/t51-,52-/m0/s1. The van der Waals surface area contributed by atoms with Crippen LogP contribution in [0.2, 0.25) is 0 Å². The lowest BCUT2D eigenvalue weighted by atomic mass is 9.85. The van der Waals surface area contributed by atoms with Crippen molar-refractivity contribution in [2.45, 2.75) is 77.0 Å². The number of nitrogens with zero attached hydrogens (tertiary/aromatic N) is 4. The topological polar surface area (TPSA) is 257 Å². The molecule has 0 aliphatic carbocycles. The summed E-state index contributed by atoms with van der Waals surface area (Å²) in [5.74, 6) is -1.19. The predicted octanol–water partition coefficient (Wildman–Crippen LogP) is 5.03. The third kappa shape index (κ3) is 9.20. The maximum Gasteiger partial charge on any atom is 0.408 e. The van der Waals surface area contributed by atoms with Crippen molar-refractivity contribution in [1.29, 1.82) is 0 Å². The van der Waals surface area contributed by atoms with Crippen LogP contribution < -0.4 is 32.4 Å². The van der Waals surface area contributed by atoms with Crippen molar-refractivity contribution in [3.05, 3.63) is 127 Å². The number of carbonyl (C=O) groups excluding carboxylic acids is 6. The molecule has 4 aromatic heterocycles. The second-order valence-corrected chi connectivity index (χ2v) is 20.7. The largest absolute Gasteiger partial charge is 0.457 e. The number of cyclic esters (lactones) is 2. The van der Waals surface area contributed by atoms with Gasteiger partial charge in [-0.3, -0.25) is 19.2 Å². The molecule has 4 aliphatic heterocycles. The predicted molar refractivity (Wildman–Crippen MR) is 274 cm³/mol. The van der Waals surface area contributed by atoms with E-state index in [0.29, 0.717) is 47.4 Å². The second-order valence-electron chi connectivity index (χ2n) is 18.0. The lowest BCUT2D eigenvalue weighted by Crippen LogP contribution is -2.49. The summed E-state index contributed by atoms with van der Waals surface area (Å²) in [4.78, 5) is 115. The highest BCUT2D eigenvalue weighted by Crippen LogP contribution is 2.43. The van der Waals surface area contributed by atoms with E-state index >= 15 is 0 Å². The first kappa shape index (κ1) is 49.8. The van der Waals surface area contributed by atoms with Gasteiger partial charge in [0.1, 0.15) is 13.2 Å². The normalized spacial score (nSPS) is 17.6. The highest BCUT2D eigenvalue weighted by Gasteiger charge is 2.52. The summed E-state index contributed by atoms with van der Waals surface area (Å²) in [5.41, 5.74) is 2.02. The fourth-order valence-corrected chi connectivity index (χ4v) is 11.8. The summed E-state index contributed by atoms with van der Waals surface area (Å²) in [6.07, 6.45) is -1.50. The molecule has 0 spiro atoms. The average Bonchev–Trinajstić information content (AvgIpc) is 3.95. The molecule has 4 amide bonds. The van der Waals surface area contributed by atoms with Gasteiger partial charge in [-0.15, -0.1) is 0 Å². The van der Waals surface area contributed by atoms with Gasteiger partial charge in [-0.25, -0.2) is 29.1 Å². The molecular weight excluding hydrogens is 993 g/mol. The minimum absolute atomic E-state index is 0.000614. The number of para-hydroxylation sites is 2. The van der Waals surface area contributed by atoms with Crippen molar-refractivity contribution in [2.24, 2.45) is 0 Å². The van der Waals surface area contributed by atoms with Crippen LogP contribution in [-0.4, -0.2) is 92.7 Å². The molecule has 2 atom stereocenters. The molecule has 4 N–H and O–H groups in total. The van der Waals surface area contributed by atoms with E-state index in [4.69, 9.17) is 28.9 Å². The highest BCUT2D eigenvalue weighted by atomic mass is 33.1. The summed E-state index contributed by atoms with van der Waals surface area (Å²) >= 11 is 0. The van der Waals surface area contributed by atoms with Crippen LogP contribution in [0.15, 0.2) is 82.4 Å². The zero-order valence-corrected chi connectivity index (χ0v) is 42.0. The molecule has 0 saturated carbocycles. The smallest absolute Gasteiger partial charge is 0.408 e. The van der Waals surface area contributed by atoms with E-state index in [-0.39, 0.29) is 110 Å². The minimum Gasteiger partial charge on any atom is -0.457 e. The number of hydrogen-bond donors (Lipinski definition) is 4. The zero-order valence-electron chi connectivity index (χ0n) is 40.3. The number of hydrogen-bond acceptors (Lipinski definition) is 16. The molecule has 382 valence electrons. The van der Waals surface area contributed by atoms with Crippen molar-refractivity contribution in [2.75, 3.05) is 37.7 Å². The maximum atomic E-state index is 13.8. The van der Waals surface area contributed by atoms with Crippen LogP contribution in [0.4, 0.5) is 9.59 Å². The molecule has 6 aromatic rings. The Labute approximate surface area is 430 Å². The summed E-state index contributed by atoms with van der Waals surface area (Å²) in [7, 11) is 2.84. The molecule has 74 heavy (non-hydrogen) atoms. The van der Waals surface area contributed by atoms with Gasteiger partial charge in [0.2, 0.25) is 23.0 Å². The zero-order chi connectivity index (χ0) is 51.7. The van der Waals surface area contributed by atoms with Gasteiger partial charge >= 0.3 is 24.1 Å². The molecule has 0 radical (unpaired) electrons. The number of esters is 2. The first-order valence-electron chi connectivity index (χ1n) is 24.2. The average molecular weight is 1040 g/mol. The van der Waals surface area contributed by atoms with E-state index in [9.17, 15) is 38.4 Å². The number of carbonyl (C=O) groups is 6. The van der Waals surface area contributed by atoms with E-state index < -0.39 is 35.3 Å². The number of aromatic nitrogens is 4. The highest BCUT2D eigenvalue weighted by molar-refractivity contribution is 8.76. The second kappa shape index (κ2) is 20.7. The van der Waals surface area contributed by atoms with Gasteiger partial charge in [0.15, 0.2) is 0 Å². The van der Waals surface area contributed by atoms with Gasteiger partial charge in [0.25, 0.3) is 11.1 Å². The van der Waals surface area contributed by atoms with Crippen LogP contribution in [0.3, 0.4) is 0 Å². The summed E-state index contributed by atoms with van der Waals surface area (Å²) in [6, 6.07) is 22.6. The Morgan fingerprint density at radius 3 is 1.42 bits per heavy atom. The number of fused-ring (bicyclic) bond motifs is 10. The van der Waals surface area contributed by atoms with Gasteiger partial charge < -0.3 is 49.3 Å². The molecule has 0 bridgehead atoms. The number of ether oxygens (including phenoxy) is 4. The van der Waals surface area contributed by atoms with Crippen LogP contribution in [0.1, 0.15) is 72.9 Å². The Kier molecular flexibility index (Phi) is 13.9. The van der Waals surface area contributed by atoms with Crippen LogP contribution in [0.25, 0.3) is 44.6 Å². The van der Waals surface area contributed by atoms with Gasteiger partial charge in [0, 0.05) is 83.6 Å². The molecule has 4 aliphatic rings. The SMILES string of the molecule is CC[C@@]1(OC(=O)NCCNC(=O)CCSSCCC(=O)NCCNC(=O)O[C@]2(CC)C(=O)OCc3c2cc2n(c3=O)Cc3cc4ccccc4nc3-2)C(=O)OCc2c1cc1n(c2=O)Cc2cc3ccccc3nc2-1. The molecule has 10 rings (SSSR count). The van der Waals surface area contributed by atoms with E-state index in [1.165, 1.54) is 21.6 Å². The Bertz CT molecular complexity index is 3230. The molecule has 0 fully saturated rings. The number of rotatable bonds is 17. The lowest BCUT2D eigenvalue weighted by Gasteiger charge is -2.35. The molecule has 22 heteroatoms. The number of pyridine rings is 4. The molecule has 2 aromatic carbocycles. The van der Waals surface area contributed by atoms with E-state index in [1.807, 2.05) is 60.7 Å². The van der Waals surface area contributed by atoms with E-state index in [0.717, 1.165) is 32.9 Å². The fourth-order valence-electron chi connectivity index (χ4n) is 9.85. The Morgan fingerprint density at radius 2 is 1.00 bits per heavy atom. The van der Waals surface area contributed by atoms with Crippen molar-refractivity contribution in [1.82, 2.24) is 40.4 Å². The first-order valence-corrected chi connectivity index (χ1v) is 26.7. The van der Waals surface area contributed by atoms with Gasteiger partial charge in [-0.2, -0.15) is 0 Å². The maximum absolute atomic E-state index is 13.8. The van der Waals surface area contributed by atoms with Crippen LogP contribution >= 0.6 is 21.6 Å². The molecule has 0 unspecified atom stereocenters. The molecule has 8 heterocycles. The van der Waals surface area contributed by atoms with Gasteiger partial charge in [-0.1, -0.05) is 71.8 Å². The van der Waals surface area contributed by atoms with Crippen molar-refractivity contribution >= 4 is 79.3 Å². The fraction of sp³-hybridized carbons (Fsp3) is 0.346. The summed E-state index contributed by atoms with van der Waals surface area (Å²) in [5, 5.41) is 12.5. The third-order valence-electron chi connectivity index (χ3n) is 13.6. The Hall–Kier alpha value is -7.72. The van der Waals surface area contributed by atoms with E-state index in [1.54, 1.807) is 35.1 Å². The van der Waals surface area contributed by atoms with Crippen LogP contribution in [-0.2, 0) is 75.6 Å². The lowest BCUT2D eigenvalue weighted by molar-refractivity contribution is -0.173.